The molecule has 0 radical (unpaired) electrons. The van der Waals surface area contributed by atoms with Crippen molar-refractivity contribution >= 4 is 27.3 Å². The lowest BCUT2D eigenvalue weighted by Crippen LogP contribution is -2.15. The number of nitrogens with one attached hydrogen (secondary N) is 1. The summed E-state index contributed by atoms with van der Waals surface area (Å²) in [4.78, 5) is 3.81. The highest BCUT2D eigenvalue weighted by Gasteiger charge is 2.18. The summed E-state index contributed by atoms with van der Waals surface area (Å²) < 4.78 is 31.9. The van der Waals surface area contributed by atoms with Crippen molar-refractivity contribution in [2.45, 2.75) is 11.6 Å². The van der Waals surface area contributed by atoms with Crippen LogP contribution in [0, 0.1) is 0 Å². The van der Waals surface area contributed by atoms with Gasteiger partial charge in [0, 0.05) is 11.2 Å². The van der Waals surface area contributed by atoms with Crippen molar-refractivity contribution in [3.05, 3.63) is 47.1 Å². The van der Waals surface area contributed by atoms with Crippen LogP contribution in [-0.2, 0) is 16.6 Å². The van der Waals surface area contributed by atoms with E-state index in [2.05, 4.69) is 9.71 Å². The second-order valence-electron chi connectivity index (χ2n) is 4.11. The number of halogens is 1. The smallest absolute Gasteiger partial charge is 0.279 e. The van der Waals surface area contributed by atoms with Crippen molar-refractivity contribution in [3.8, 4) is 5.75 Å². The topological polar surface area (TPSA) is 88.5 Å². The van der Waals surface area contributed by atoms with Crippen LogP contribution in [0.1, 0.15) is 5.56 Å². The highest BCUT2D eigenvalue weighted by atomic mass is 35.5. The Morgan fingerprint density at radius 1 is 1.33 bits per heavy atom. The molecule has 0 atom stereocenters. The molecule has 0 fully saturated rings. The van der Waals surface area contributed by atoms with Gasteiger partial charge >= 0.3 is 0 Å². The molecule has 0 spiro atoms. The number of rotatable bonds is 5. The number of aliphatic hydroxyl groups is 1. The molecule has 8 heteroatoms. The lowest BCUT2D eigenvalue weighted by atomic mass is 10.3. The van der Waals surface area contributed by atoms with E-state index in [1.165, 1.54) is 31.5 Å². The minimum absolute atomic E-state index is 0.165. The Kier molecular flexibility index (Phi) is 4.66. The summed E-state index contributed by atoms with van der Waals surface area (Å²) in [5.74, 6) is 0.343. The molecule has 0 saturated carbocycles. The number of hydrogen-bond acceptors (Lipinski definition) is 5. The van der Waals surface area contributed by atoms with E-state index in [0.29, 0.717) is 16.3 Å². The van der Waals surface area contributed by atoms with Crippen LogP contribution < -0.4 is 9.46 Å². The van der Waals surface area contributed by atoms with Crippen LogP contribution in [0.3, 0.4) is 0 Å². The van der Waals surface area contributed by atoms with Gasteiger partial charge in [-0.25, -0.2) is 4.98 Å². The van der Waals surface area contributed by atoms with Crippen LogP contribution >= 0.6 is 11.6 Å². The Balaban J connectivity index is 2.34. The zero-order chi connectivity index (χ0) is 15.5. The second-order valence-corrected chi connectivity index (χ2v) is 6.18. The van der Waals surface area contributed by atoms with Crippen molar-refractivity contribution in [1.82, 2.24) is 4.98 Å². The van der Waals surface area contributed by atoms with E-state index in [1.54, 1.807) is 12.1 Å². The Labute approximate surface area is 127 Å². The largest absolute Gasteiger partial charge is 0.495 e. The molecule has 0 amide bonds. The molecular formula is C13H13ClN2O4S. The van der Waals surface area contributed by atoms with Gasteiger partial charge in [0.05, 0.1) is 19.4 Å². The molecule has 0 saturated heterocycles. The lowest BCUT2D eigenvalue weighted by Gasteiger charge is -2.11. The molecule has 2 rings (SSSR count). The van der Waals surface area contributed by atoms with Crippen LogP contribution in [0.4, 0.5) is 5.69 Å². The first-order valence-corrected chi connectivity index (χ1v) is 7.74. The number of sulfonamides is 1. The van der Waals surface area contributed by atoms with Gasteiger partial charge in [-0.3, -0.25) is 4.72 Å². The van der Waals surface area contributed by atoms with Crippen LogP contribution in [0.25, 0.3) is 0 Å². The first-order chi connectivity index (χ1) is 9.96. The standard InChI is InChI=1S/C13H13ClN2O4S/c1-20-12-4-3-10(14)6-11(12)16-21(18,19)13-5-2-9(8-17)7-15-13/h2-7,16-17H,8H2,1H3. The van der Waals surface area contributed by atoms with Crippen molar-refractivity contribution in [2.75, 3.05) is 11.8 Å². The van der Waals surface area contributed by atoms with Crippen molar-refractivity contribution in [2.24, 2.45) is 0 Å². The summed E-state index contributed by atoms with van der Waals surface area (Å²) >= 11 is 5.85. The van der Waals surface area contributed by atoms with Gasteiger partial charge < -0.3 is 9.84 Å². The summed E-state index contributed by atoms with van der Waals surface area (Å²) in [6, 6.07) is 7.39. The van der Waals surface area contributed by atoms with Gasteiger partial charge in [-0.05, 0) is 29.8 Å². The highest BCUT2D eigenvalue weighted by molar-refractivity contribution is 7.92. The molecule has 1 heterocycles. The fourth-order valence-electron chi connectivity index (χ4n) is 1.62. The lowest BCUT2D eigenvalue weighted by molar-refractivity contribution is 0.281. The second kappa shape index (κ2) is 6.30. The van der Waals surface area contributed by atoms with Crippen molar-refractivity contribution in [3.63, 3.8) is 0 Å². The van der Waals surface area contributed by atoms with Gasteiger partial charge in [0.25, 0.3) is 10.0 Å². The van der Waals surface area contributed by atoms with Gasteiger partial charge in [-0.2, -0.15) is 8.42 Å². The summed E-state index contributed by atoms with van der Waals surface area (Å²) in [6.07, 6.45) is 1.30. The number of nitrogens with zero attached hydrogens (tertiary/aromatic N) is 1. The molecule has 0 aliphatic carbocycles. The fraction of sp³-hybridized carbons (Fsp3) is 0.154. The molecule has 0 aliphatic heterocycles. The SMILES string of the molecule is COc1ccc(Cl)cc1NS(=O)(=O)c1ccc(CO)cn1. The first-order valence-electron chi connectivity index (χ1n) is 5.88. The Hall–Kier alpha value is -1.83. The third-order valence-corrected chi connectivity index (χ3v) is 4.18. The Bertz CT molecular complexity index is 732. The summed E-state index contributed by atoms with van der Waals surface area (Å²) in [6.45, 7) is -0.205. The predicted molar refractivity (Wildman–Crippen MR) is 79.0 cm³/mol. The third kappa shape index (κ3) is 3.63. The summed E-state index contributed by atoms with van der Waals surface area (Å²) in [5.41, 5.74) is 0.743. The number of ether oxygens (including phenoxy) is 1. The maximum atomic E-state index is 12.2. The quantitative estimate of drug-likeness (QED) is 0.876. The number of pyridine rings is 1. The van der Waals surface area contributed by atoms with Gasteiger partial charge in [0.2, 0.25) is 0 Å². The third-order valence-electron chi connectivity index (χ3n) is 2.66. The average molecular weight is 329 g/mol. The van der Waals surface area contributed by atoms with E-state index >= 15 is 0 Å². The molecular weight excluding hydrogens is 316 g/mol. The first kappa shape index (κ1) is 15.6. The predicted octanol–water partition coefficient (Wildman–Crippen LogP) is 2.04. The zero-order valence-corrected chi connectivity index (χ0v) is 12.6. The van der Waals surface area contributed by atoms with Crippen molar-refractivity contribution in [1.29, 1.82) is 0 Å². The van der Waals surface area contributed by atoms with E-state index in [1.807, 2.05) is 0 Å². The molecule has 112 valence electrons. The highest BCUT2D eigenvalue weighted by Crippen LogP contribution is 2.29. The van der Waals surface area contributed by atoms with Gasteiger partial charge in [-0.15, -0.1) is 0 Å². The zero-order valence-electron chi connectivity index (χ0n) is 11.1. The number of aromatic nitrogens is 1. The Morgan fingerprint density at radius 2 is 2.10 bits per heavy atom. The molecule has 0 bridgehead atoms. The molecule has 0 aliphatic rings. The molecule has 0 unspecified atom stereocenters. The molecule has 1 aromatic heterocycles. The number of benzene rings is 1. The van der Waals surface area contributed by atoms with Crippen LogP contribution in [-0.4, -0.2) is 25.6 Å². The van der Waals surface area contributed by atoms with E-state index < -0.39 is 10.0 Å². The molecule has 1 aromatic carbocycles. The summed E-state index contributed by atoms with van der Waals surface area (Å²) in [5, 5.41) is 9.14. The number of hydrogen-bond donors (Lipinski definition) is 2. The normalized spacial score (nSPS) is 11.2. The number of aliphatic hydroxyl groups excluding tert-OH is 1. The maximum Gasteiger partial charge on any atom is 0.279 e. The number of anilines is 1. The number of methoxy groups -OCH3 is 1. The van der Waals surface area contributed by atoms with Gasteiger partial charge in [0.15, 0.2) is 5.03 Å². The molecule has 2 N–H and O–H groups in total. The van der Waals surface area contributed by atoms with E-state index in [0.717, 1.165) is 0 Å². The Morgan fingerprint density at radius 3 is 2.67 bits per heavy atom. The van der Waals surface area contributed by atoms with Gasteiger partial charge in [-0.1, -0.05) is 17.7 Å². The van der Waals surface area contributed by atoms with E-state index in [4.69, 9.17) is 21.4 Å². The minimum atomic E-state index is -3.87. The molecule has 6 nitrogen and oxygen atoms in total. The van der Waals surface area contributed by atoms with Crippen LogP contribution in [0.5, 0.6) is 5.75 Å². The molecule has 2 aromatic rings. The fourth-order valence-corrected chi connectivity index (χ4v) is 2.78. The van der Waals surface area contributed by atoms with Crippen molar-refractivity contribution < 1.29 is 18.3 Å². The van der Waals surface area contributed by atoms with Crippen LogP contribution in [0.2, 0.25) is 5.02 Å². The van der Waals surface area contributed by atoms with Crippen LogP contribution in [0.15, 0.2) is 41.6 Å². The maximum absolute atomic E-state index is 12.2. The average Bonchev–Trinajstić information content (AvgIpc) is 2.47. The van der Waals surface area contributed by atoms with E-state index in [-0.39, 0.29) is 17.3 Å². The summed E-state index contributed by atoms with van der Waals surface area (Å²) in [7, 11) is -2.44. The molecule has 21 heavy (non-hydrogen) atoms. The van der Waals surface area contributed by atoms with E-state index in [9.17, 15) is 8.42 Å². The monoisotopic (exact) mass is 328 g/mol. The minimum Gasteiger partial charge on any atom is -0.495 e. The van der Waals surface area contributed by atoms with Gasteiger partial charge in [0.1, 0.15) is 5.75 Å².